The summed E-state index contributed by atoms with van der Waals surface area (Å²) in [5, 5.41) is 11.1. The SMILES string of the molecule is Cc1ccc(C)n1CC[SH]=Cc1ccccc1C(=O)O. The van der Waals surface area contributed by atoms with Crippen LogP contribution < -0.4 is 0 Å². The van der Waals surface area contributed by atoms with Crippen molar-refractivity contribution >= 4 is 22.7 Å². The summed E-state index contributed by atoms with van der Waals surface area (Å²) in [4.78, 5) is 11.1. The lowest BCUT2D eigenvalue weighted by atomic mass is 10.1. The minimum Gasteiger partial charge on any atom is -0.478 e. The van der Waals surface area contributed by atoms with Gasteiger partial charge < -0.3 is 9.67 Å². The number of thiol groups is 1. The molecule has 2 aromatic rings. The van der Waals surface area contributed by atoms with Gasteiger partial charge in [0.05, 0.1) is 5.56 Å². The molecule has 1 aromatic carbocycles. The number of aromatic nitrogens is 1. The van der Waals surface area contributed by atoms with Crippen molar-refractivity contribution in [1.29, 1.82) is 0 Å². The molecule has 4 heteroatoms. The molecule has 0 saturated heterocycles. The zero-order valence-electron chi connectivity index (χ0n) is 11.7. The van der Waals surface area contributed by atoms with Crippen molar-refractivity contribution in [2.24, 2.45) is 0 Å². The number of benzene rings is 1. The van der Waals surface area contributed by atoms with Crippen LogP contribution in [-0.2, 0) is 6.54 Å². The maximum atomic E-state index is 11.1. The number of carboxylic acids is 1. The van der Waals surface area contributed by atoms with Crippen molar-refractivity contribution in [3.8, 4) is 0 Å². The Morgan fingerprint density at radius 3 is 2.50 bits per heavy atom. The van der Waals surface area contributed by atoms with Crippen LogP contribution in [-0.4, -0.2) is 26.8 Å². The van der Waals surface area contributed by atoms with Gasteiger partial charge in [0, 0.05) is 23.7 Å². The van der Waals surface area contributed by atoms with Gasteiger partial charge in [0.2, 0.25) is 0 Å². The summed E-state index contributed by atoms with van der Waals surface area (Å²) in [7, 11) is 0. The highest BCUT2D eigenvalue weighted by atomic mass is 32.1. The second-order valence-electron chi connectivity index (χ2n) is 4.70. The van der Waals surface area contributed by atoms with Gasteiger partial charge in [-0.15, -0.1) is 0 Å². The highest BCUT2D eigenvalue weighted by Gasteiger charge is 2.05. The van der Waals surface area contributed by atoms with Gasteiger partial charge in [-0.25, -0.2) is 4.79 Å². The monoisotopic (exact) mass is 289 g/mol. The number of hydrogen-bond donors (Lipinski definition) is 2. The van der Waals surface area contributed by atoms with Crippen LogP contribution in [0.15, 0.2) is 36.4 Å². The number of carboxylic acid groups (broad SMARTS) is 1. The fraction of sp³-hybridized carbons (Fsp3) is 0.250. The lowest BCUT2D eigenvalue weighted by Crippen LogP contribution is -2.04. The quantitative estimate of drug-likeness (QED) is 0.656. The summed E-state index contributed by atoms with van der Waals surface area (Å²) in [5.74, 6) is 0.105. The number of aromatic carboxylic acids is 1. The molecule has 0 bridgehead atoms. The second kappa shape index (κ2) is 6.57. The first-order valence-electron chi connectivity index (χ1n) is 6.54. The summed E-state index contributed by atoms with van der Waals surface area (Å²) < 4.78 is 2.28. The lowest BCUT2D eigenvalue weighted by Gasteiger charge is -2.07. The zero-order valence-corrected chi connectivity index (χ0v) is 12.6. The van der Waals surface area contributed by atoms with Crippen LogP contribution in [0.3, 0.4) is 0 Å². The molecular weight excluding hydrogens is 270 g/mol. The summed E-state index contributed by atoms with van der Waals surface area (Å²) in [6.45, 7) is 5.17. The molecule has 20 heavy (non-hydrogen) atoms. The molecule has 1 N–H and O–H groups in total. The molecule has 0 aliphatic carbocycles. The van der Waals surface area contributed by atoms with Crippen LogP contribution in [0, 0.1) is 13.8 Å². The average molecular weight is 289 g/mol. The third-order valence-electron chi connectivity index (χ3n) is 3.29. The minimum absolute atomic E-state index is 0.369. The van der Waals surface area contributed by atoms with Crippen molar-refractivity contribution in [2.45, 2.75) is 20.4 Å². The molecule has 0 amide bonds. The molecule has 0 aliphatic heterocycles. The first-order chi connectivity index (χ1) is 9.59. The molecule has 0 aliphatic rings. The fourth-order valence-electron chi connectivity index (χ4n) is 2.18. The van der Waals surface area contributed by atoms with Crippen molar-refractivity contribution in [3.63, 3.8) is 0 Å². The molecule has 1 aromatic heterocycles. The molecule has 0 unspecified atom stereocenters. The Bertz CT molecular complexity index is 624. The van der Waals surface area contributed by atoms with E-state index in [1.54, 1.807) is 12.1 Å². The van der Waals surface area contributed by atoms with Crippen molar-refractivity contribution in [1.82, 2.24) is 4.57 Å². The Labute approximate surface area is 122 Å². The Morgan fingerprint density at radius 1 is 1.20 bits per heavy atom. The Morgan fingerprint density at radius 2 is 1.85 bits per heavy atom. The lowest BCUT2D eigenvalue weighted by molar-refractivity contribution is 0.0697. The molecule has 0 saturated carbocycles. The van der Waals surface area contributed by atoms with Gasteiger partial charge in [0.1, 0.15) is 0 Å². The van der Waals surface area contributed by atoms with Crippen LogP contribution in [0.25, 0.3) is 0 Å². The van der Waals surface area contributed by atoms with Crippen molar-refractivity contribution in [2.75, 3.05) is 5.75 Å². The molecule has 0 atom stereocenters. The van der Waals surface area contributed by atoms with E-state index in [-0.39, 0.29) is 0 Å². The van der Waals surface area contributed by atoms with Crippen LogP contribution in [0.4, 0.5) is 0 Å². The minimum atomic E-state index is -0.871. The summed E-state index contributed by atoms with van der Waals surface area (Å²) >= 11 is 1.13. The zero-order chi connectivity index (χ0) is 14.5. The highest BCUT2D eigenvalue weighted by Crippen LogP contribution is 2.10. The van der Waals surface area contributed by atoms with E-state index >= 15 is 0 Å². The van der Waals surface area contributed by atoms with E-state index in [9.17, 15) is 4.79 Å². The van der Waals surface area contributed by atoms with Crippen LogP contribution in [0.2, 0.25) is 0 Å². The van der Waals surface area contributed by atoms with E-state index in [1.165, 1.54) is 11.4 Å². The molecule has 1 heterocycles. The first-order valence-corrected chi connectivity index (χ1v) is 7.69. The summed E-state index contributed by atoms with van der Waals surface area (Å²) in [5.41, 5.74) is 3.70. The molecule has 2 rings (SSSR count). The van der Waals surface area contributed by atoms with Gasteiger partial charge in [-0.05, 0) is 43.0 Å². The number of aryl methyl sites for hydroxylation is 2. The number of hydrogen-bond acceptors (Lipinski definition) is 1. The fourth-order valence-corrected chi connectivity index (χ4v) is 3.04. The third kappa shape index (κ3) is 3.39. The van der Waals surface area contributed by atoms with Crippen LogP contribution >= 0.6 is 11.4 Å². The van der Waals surface area contributed by atoms with Gasteiger partial charge in [0.25, 0.3) is 0 Å². The molecule has 0 fully saturated rings. The van der Waals surface area contributed by atoms with Crippen LogP contribution in [0.1, 0.15) is 27.3 Å². The predicted octanol–water partition coefficient (Wildman–Crippen LogP) is 3.12. The van der Waals surface area contributed by atoms with E-state index in [1.807, 2.05) is 17.5 Å². The molecule has 106 valence electrons. The van der Waals surface area contributed by atoms with E-state index in [0.29, 0.717) is 5.56 Å². The van der Waals surface area contributed by atoms with E-state index < -0.39 is 5.97 Å². The smallest absolute Gasteiger partial charge is 0.336 e. The Kier molecular flexibility index (Phi) is 4.79. The van der Waals surface area contributed by atoms with Gasteiger partial charge >= 0.3 is 5.97 Å². The van der Waals surface area contributed by atoms with E-state index in [4.69, 9.17) is 5.11 Å². The second-order valence-corrected chi connectivity index (χ2v) is 5.77. The van der Waals surface area contributed by atoms with E-state index in [2.05, 4.69) is 30.5 Å². The highest BCUT2D eigenvalue weighted by molar-refractivity contribution is 7.97. The maximum absolute atomic E-state index is 11.1. The maximum Gasteiger partial charge on any atom is 0.336 e. The van der Waals surface area contributed by atoms with Crippen LogP contribution in [0.5, 0.6) is 0 Å². The van der Waals surface area contributed by atoms with Gasteiger partial charge in [0.15, 0.2) is 0 Å². The van der Waals surface area contributed by atoms with Crippen molar-refractivity contribution < 1.29 is 9.90 Å². The molecule has 3 nitrogen and oxygen atoms in total. The molecule has 0 spiro atoms. The van der Waals surface area contributed by atoms with Gasteiger partial charge in [-0.1, -0.05) is 18.2 Å². The first kappa shape index (κ1) is 14.6. The van der Waals surface area contributed by atoms with Gasteiger partial charge in [-0.2, -0.15) is 11.4 Å². The summed E-state index contributed by atoms with van der Waals surface area (Å²) in [6, 6.07) is 11.4. The number of carbonyl (C=O) groups is 1. The normalized spacial score (nSPS) is 11.5. The number of rotatable bonds is 5. The summed E-state index contributed by atoms with van der Waals surface area (Å²) in [6.07, 6.45) is 0. The standard InChI is InChI=1S/C16H19NO2S/c1-12-7-8-13(2)17(12)9-10-20-11-14-5-3-4-6-15(14)16(18)19/h3-8,11,20H,9-10H2,1-2H3,(H,18,19). The third-order valence-corrected chi connectivity index (χ3v) is 4.21. The van der Waals surface area contributed by atoms with Gasteiger partial charge in [-0.3, -0.25) is 0 Å². The van der Waals surface area contributed by atoms with Crippen molar-refractivity contribution in [3.05, 3.63) is 58.9 Å². The van der Waals surface area contributed by atoms with E-state index in [0.717, 1.165) is 29.2 Å². The Hall–Kier alpha value is -1.81. The number of nitrogens with zero attached hydrogens (tertiary/aromatic N) is 1. The molecule has 0 radical (unpaired) electrons. The molecular formula is C16H19NO2S. The topological polar surface area (TPSA) is 42.2 Å². The largest absolute Gasteiger partial charge is 0.478 e. The average Bonchev–Trinajstić information content (AvgIpc) is 2.75. The Balaban J connectivity index is 2.03. The predicted molar refractivity (Wildman–Crippen MR) is 86.3 cm³/mol.